The minimum Gasteiger partial charge on any atom is -0.320 e. The summed E-state index contributed by atoms with van der Waals surface area (Å²) in [5, 5.41) is 0. The Labute approximate surface area is 92.4 Å². The number of hydrogen-bond acceptors (Lipinski definition) is 2. The Morgan fingerprint density at radius 2 is 1.22 bits per heavy atom. The number of alkyl halides is 10. The maximum atomic E-state index is 12.3. The first kappa shape index (κ1) is 17.2. The number of hydrogen-bond donors (Lipinski definition) is 0. The summed E-state index contributed by atoms with van der Waals surface area (Å²) in [4.78, 5) is 0. The minimum absolute atomic E-state index is 0.0932. The van der Waals surface area contributed by atoms with Crippen LogP contribution in [0, 0.1) is 0 Å². The average Bonchev–Trinajstić information content (AvgIpc) is 2.14. The van der Waals surface area contributed by atoms with Gasteiger partial charge in [-0.25, -0.2) is 4.39 Å². The summed E-state index contributed by atoms with van der Waals surface area (Å²) in [5.41, 5.74) is 0. The zero-order valence-electron chi connectivity index (χ0n) is 8.17. The van der Waals surface area contributed by atoms with Crippen molar-refractivity contribution < 1.29 is 53.4 Å². The Morgan fingerprint density at radius 3 is 1.50 bits per heavy atom. The normalized spacial score (nSPS) is 16.8. The van der Waals surface area contributed by atoms with Gasteiger partial charge in [0.1, 0.15) is 0 Å². The van der Waals surface area contributed by atoms with Gasteiger partial charge in [-0.3, -0.25) is 4.74 Å². The van der Waals surface area contributed by atoms with E-state index in [9.17, 15) is 43.9 Å². The molecule has 0 N–H and O–H groups in total. The van der Waals surface area contributed by atoms with E-state index in [2.05, 4.69) is 9.47 Å². The third-order valence-electron chi connectivity index (χ3n) is 1.51. The third-order valence-corrected chi connectivity index (χ3v) is 1.51. The van der Waals surface area contributed by atoms with Crippen LogP contribution in [-0.4, -0.2) is 37.8 Å². The van der Waals surface area contributed by atoms with E-state index in [1.165, 1.54) is 0 Å². The summed E-state index contributed by atoms with van der Waals surface area (Å²) >= 11 is 0. The van der Waals surface area contributed by atoms with Gasteiger partial charge in [-0.05, 0) is 0 Å². The van der Waals surface area contributed by atoms with Gasteiger partial charge in [0.15, 0.2) is 0 Å². The predicted molar refractivity (Wildman–Crippen MR) is 33.9 cm³/mol. The molecule has 0 fully saturated rings. The van der Waals surface area contributed by atoms with Crippen molar-refractivity contribution in [2.75, 3.05) is 7.11 Å². The second kappa shape index (κ2) is 4.72. The van der Waals surface area contributed by atoms with Crippen molar-refractivity contribution in [3.8, 4) is 0 Å². The molecule has 0 aliphatic rings. The van der Waals surface area contributed by atoms with Crippen molar-refractivity contribution in [2.24, 2.45) is 0 Å². The van der Waals surface area contributed by atoms with Crippen molar-refractivity contribution >= 4 is 0 Å². The Balaban J connectivity index is 5.09. The van der Waals surface area contributed by atoms with Crippen LogP contribution in [-0.2, 0) is 9.47 Å². The minimum atomic E-state index is -6.85. The lowest BCUT2D eigenvalue weighted by molar-refractivity contribution is -0.463. The Bertz CT molecular complexity index is 285. The maximum Gasteiger partial charge on any atom is 0.462 e. The van der Waals surface area contributed by atoms with E-state index in [4.69, 9.17) is 0 Å². The largest absolute Gasteiger partial charge is 0.462 e. The van der Waals surface area contributed by atoms with E-state index in [1.54, 1.807) is 0 Å². The van der Waals surface area contributed by atoms with Gasteiger partial charge < -0.3 is 4.74 Å². The van der Waals surface area contributed by atoms with Gasteiger partial charge in [0.05, 0.1) is 0 Å². The molecule has 0 aliphatic carbocycles. The van der Waals surface area contributed by atoms with Crippen LogP contribution < -0.4 is 0 Å². The molecule has 0 bridgehead atoms. The topological polar surface area (TPSA) is 18.5 Å². The van der Waals surface area contributed by atoms with E-state index >= 15 is 0 Å². The van der Waals surface area contributed by atoms with Crippen LogP contribution >= 0.6 is 0 Å². The van der Waals surface area contributed by atoms with Gasteiger partial charge in [-0.2, -0.15) is 39.5 Å². The molecule has 0 aromatic heterocycles. The highest BCUT2D eigenvalue weighted by Gasteiger charge is 2.76. The molecule has 12 heteroatoms. The van der Waals surface area contributed by atoms with Crippen LogP contribution in [0.2, 0.25) is 0 Å². The van der Waals surface area contributed by atoms with Crippen LogP contribution in [0.15, 0.2) is 0 Å². The highest BCUT2D eigenvalue weighted by Crippen LogP contribution is 2.48. The predicted octanol–water partition coefficient (Wildman–Crippen LogP) is 3.33. The number of halogens is 10. The van der Waals surface area contributed by atoms with Gasteiger partial charge in [-0.15, -0.1) is 0 Å². The fraction of sp³-hybridized carbons (Fsp3) is 1.00. The van der Waals surface area contributed by atoms with Crippen molar-refractivity contribution in [1.82, 2.24) is 0 Å². The van der Waals surface area contributed by atoms with Gasteiger partial charge >= 0.3 is 24.3 Å². The number of ether oxygens (including phenoxy) is 2. The van der Waals surface area contributed by atoms with Gasteiger partial charge in [-0.1, -0.05) is 0 Å². The number of rotatable bonds is 5. The van der Waals surface area contributed by atoms with Gasteiger partial charge in [0.2, 0.25) is 0 Å². The van der Waals surface area contributed by atoms with Crippen LogP contribution in [0.4, 0.5) is 43.9 Å². The monoisotopic (exact) mass is 298 g/mol. The Morgan fingerprint density at radius 1 is 0.833 bits per heavy atom. The third kappa shape index (κ3) is 3.16. The van der Waals surface area contributed by atoms with Crippen molar-refractivity contribution in [3.05, 3.63) is 0 Å². The Hall–Kier alpha value is -0.780. The average molecular weight is 298 g/mol. The molecular formula is C6H4F10O2. The van der Waals surface area contributed by atoms with Gasteiger partial charge in [0, 0.05) is 7.11 Å². The lowest BCUT2D eigenvalue weighted by Crippen LogP contribution is -2.55. The summed E-state index contributed by atoms with van der Waals surface area (Å²) in [6, 6.07) is 0. The van der Waals surface area contributed by atoms with E-state index in [1.807, 2.05) is 0 Å². The van der Waals surface area contributed by atoms with E-state index in [0.29, 0.717) is 0 Å². The lowest BCUT2D eigenvalue weighted by Gasteiger charge is -2.30. The first-order chi connectivity index (χ1) is 7.69. The molecule has 0 radical (unpaired) electrons. The smallest absolute Gasteiger partial charge is 0.320 e. The Kier molecular flexibility index (Phi) is 4.51. The fourth-order valence-corrected chi connectivity index (χ4v) is 0.530. The second-order valence-corrected chi connectivity index (χ2v) is 2.79. The molecule has 0 rings (SSSR count). The van der Waals surface area contributed by atoms with Crippen LogP contribution in [0.1, 0.15) is 0 Å². The molecule has 2 nitrogen and oxygen atoms in total. The maximum absolute atomic E-state index is 12.3. The molecule has 1 atom stereocenters. The van der Waals surface area contributed by atoms with E-state index < -0.39 is 30.7 Å². The quantitative estimate of drug-likeness (QED) is 0.725. The highest BCUT2D eigenvalue weighted by atomic mass is 19.4. The molecule has 0 heterocycles. The van der Waals surface area contributed by atoms with Crippen LogP contribution in [0.3, 0.4) is 0 Å². The molecule has 0 amide bonds. The van der Waals surface area contributed by atoms with Crippen molar-refractivity contribution in [2.45, 2.75) is 30.7 Å². The van der Waals surface area contributed by atoms with E-state index in [0.717, 1.165) is 0 Å². The molecule has 0 saturated heterocycles. The second-order valence-electron chi connectivity index (χ2n) is 2.79. The molecule has 0 spiro atoms. The molecule has 0 saturated carbocycles. The molecule has 1 unspecified atom stereocenters. The summed E-state index contributed by atoms with van der Waals surface area (Å²) in [7, 11) is 0.0932. The molecular weight excluding hydrogens is 294 g/mol. The summed E-state index contributed by atoms with van der Waals surface area (Å²) in [6.45, 7) is 0. The van der Waals surface area contributed by atoms with Gasteiger partial charge in [0.25, 0.3) is 6.36 Å². The van der Waals surface area contributed by atoms with Crippen LogP contribution in [0.25, 0.3) is 0 Å². The lowest BCUT2D eigenvalue weighted by atomic mass is 10.3. The van der Waals surface area contributed by atoms with Crippen LogP contribution in [0.5, 0.6) is 0 Å². The fourth-order valence-electron chi connectivity index (χ4n) is 0.530. The summed E-state index contributed by atoms with van der Waals surface area (Å²) in [6.07, 6.45) is -23.0. The molecule has 0 aliphatic heterocycles. The standard InChI is InChI=1S/C6H4F10O2/c1-17-3(8,9)2(7)18-6(15,16)4(10,11)5(12,13)14/h2H,1H3. The first-order valence-corrected chi connectivity index (χ1v) is 3.76. The van der Waals surface area contributed by atoms with Crippen molar-refractivity contribution in [1.29, 1.82) is 0 Å². The molecule has 110 valence electrons. The summed E-state index contributed by atoms with van der Waals surface area (Å²) < 4.78 is 125. The zero-order chi connectivity index (χ0) is 15.0. The highest BCUT2D eigenvalue weighted by molar-refractivity contribution is 4.85. The van der Waals surface area contributed by atoms with E-state index in [-0.39, 0.29) is 7.11 Å². The first-order valence-electron chi connectivity index (χ1n) is 3.76. The number of methoxy groups -OCH3 is 1. The SMILES string of the molecule is COC(F)(F)C(F)OC(F)(F)C(F)(F)C(F)(F)F. The zero-order valence-corrected chi connectivity index (χ0v) is 8.17. The molecule has 0 aromatic rings. The molecule has 18 heavy (non-hydrogen) atoms. The summed E-state index contributed by atoms with van der Waals surface area (Å²) in [5.74, 6) is -6.85. The molecule has 0 aromatic carbocycles. The van der Waals surface area contributed by atoms with Crippen molar-refractivity contribution in [3.63, 3.8) is 0 Å².